The summed E-state index contributed by atoms with van der Waals surface area (Å²) in [5.41, 5.74) is 1.18. The van der Waals surface area contributed by atoms with Crippen LogP contribution >= 0.6 is 23.4 Å². The zero-order valence-corrected chi connectivity index (χ0v) is 12.2. The Morgan fingerprint density at radius 3 is 2.82 bits per heavy atom. The molecule has 2 nitrogen and oxygen atoms in total. The summed E-state index contributed by atoms with van der Waals surface area (Å²) in [5, 5.41) is 4.24. The largest absolute Gasteiger partial charge is 0.384 e. The molecule has 0 aromatic heterocycles. The van der Waals surface area contributed by atoms with Crippen molar-refractivity contribution in [3.63, 3.8) is 0 Å². The first-order valence-corrected chi connectivity index (χ1v) is 7.14. The van der Waals surface area contributed by atoms with E-state index in [1.54, 1.807) is 18.9 Å². The highest BCUT2D eigenvalue weighted by molar-refractivity contribution is 7.99. The summed E-state index contributed by atoms with van der Waals surface area (Å²) in [7, 11) is 1.72. The summed E-state index contributed by atoms with van der Waals surface area (Å²) in [4.78, 5) is 1.24. The average molecular weight is 274 g/mol. The highest BCUT2D eigenvalue weighted by Gasteiger charge is 2.07. The number of nitrogens with one attached hydrogen (secondary N) is 1. The molecule has 0 bridgehead atoms. The molecular formula is C13H20ClNOS. The molecule has 0 heterocycles. The van der Waals surface area contributed by atoms with Gasteiger partial charge >= 0.3 is 0 Å². The number of benzene rings is 1. The Morgan fingerprint density at radius 2 is 2.18 bits per heavy atom. The second-order valence-electron chi connectivity index (χ2n) is 4.09. The van der Waals surface area contributed by atoms with Gasteiger partial charge in [-0.25, -0.2) is 0 Å². The number of rotatable bonds is 7. The van der Waals surface area contributed by atoms with Crippen molar-refractivity contribution in [3.05, 3.63) is 28.8 Å². The average Bonchev–Trinajstić information content (AvgIpc) is 2.28. The maximum atomic E-state index is 6.24. The molecule has 1 rings (SSSR count). The van der Waals surface area contributed by atoms with Crippen LogP contribution < -0.4 is 5.32 Å². The SMILES string of the molecule is COCCSc1cccc(Cl)c1CNC(C)C. The van der Waals surface area contributed by atoms with Gasteiger partial charge in [-0.05, 0) is 17.7 Å². The second kappa shape index (κ2) is 7.98. The van der Waals surface area contributed by atoms with E-state index in [0.29, 0.717) is 6.04 Å². The molecule has 0 saturated carbocycles. The van der Waals surface area contributed by atoms with Crippen molar-refractivity contribution >= 4 is 23.4 Å². The molecule has 0 aliphatic heterocycles. The van der Waals surface area contributed by atoms with E-state index in [1.807, 2.05) is 12.1 Å². The smallest absolute Gasteiger partial charge is 0.0556 e. The van der Waals surface area contributed by atoms with Crippen LogP contribution in [0.15, 0.2) is 23.1 Å². The first-order chi connectivity index (χ1) is 8.15. The van der Waals surface area contributed by atoms with Crippen molar-refractivity contribution in [3.8, 4) is 0 Å². The van der Waals surface area contributed by atoms with Crippen LogP contribution in [-0.4, -0.2) is 25.5 Å². The summed E-state index contributed by atoms with van der Waals surface area (Å²) in [5.74, 6) is 0.950. The van der Waals surface area contributed by atoms with E-state index in [-0.39, 0.29) is 0 Å². The number of halogens is 1. The summed E-state index contributed by atoms with van der Waals surface area (Å²) in [6.07, 6.45) is 0. The molecule has 0 fully saturated rings. The van der Waals surface area contributed by atoms with Gasteiger partial charge in [0.25, 0.3) is 0 Å². The van der Waals surface area contributed by atoms with Crippen LogP contribution in [0.3, 0.4) is 0 Å². The molecule has 0 saturated heterocycles. The predicted molar refractivity (Wildman–Crippen MR) is 76.0 cm³/mol. The predicted octanol–water partition coefficient (Wildman–Crippen LogP) is 3.58. The van der Waals surface area contributed by atoms with E-state index in [2.05, 4.69) is 25.2 Å². The fourth-order valence-electron chi connectivity index (χ4n) is 1.39. The Hall–Kier alpha value is -0.220. The number of methoxy groups -OCH3 is 1. The molecule has 1 aromatic carbocycles. The molecule has 0 spiro atoms. The topological polar surface area (TPSA) is 21.3 Å². The van der Waals surface area contributed by atoms with Gasteiger partial charge in [0.15, 0.2) is 0 Å². The molecule has 17 heavy (non-hydrogen) atoms. The van der Waals surface area contributed by atoms with Crippen LogP contribution in [0.4, 0.5) is 0 Å². The van der Waals surface area contributed by atoms with Crippen molar-refractivity contribution in [2.24, 2.45) is 0 Å². The highest BCUT2D eigenvalue weighted by atomic mass is 35.5. The third-order valence-corrected chi connectivity index (χ3v) is 3.73. The van der Waals surface area contributed by atoms with Gasteiger partial charge in [0.2, 0.25) is 0 Å². The molecule has 0 amide bonds. The third-order valence-electron chi connectivity index (χ3n) is 2.31. The fraction of sp³-hybridized carbons (Fsp3) is 0.538. The minimum atomic E-state index is 0.461. The van der Waals surface area contributed by atoms with Crippen molar-refractivity contribution in [2.45, 2.75) is 31.3 Å². The Bertz CT molecular complexity index is 344. The zero-order valence-electron chi connectivity index (χ0n) is 10.6. The van der Waals surface area contributed by atoms with Crippen molar-refractivity contribution in [1.82, 2.24) is 5.32 Å². The third kappa shape index (κ3) is 5.30. The zero-order chi connectivity index (χ0) is 12.7. The lowest BCUT2D eigenvalue weighted by Crippen LogP contribution is -2.22. The Kier molecular flexibility index (Phi) is 6.97. The molecule has 0 unspecified atom stereocenters. The standard InChI is InChI=1S/C13H20ClNOS/c1-10(2)15-9-11-12(14)5-4-6-13(11)17-8-7-16-3/h4-6,10,15H,7-9H2,1-3H3. The summed E-state index contributed by atoms with van der Waals surface area (Å²) in [6, 6.07) is 6.52. The van der Waals surface area contributed by atoms with Crippen molar-refractivity contribution < 1.29 is 4.74 Å². The number of hydrogen-bond donors (Lipinski definition) is 1. The molecule has 0 atom stereocenters. The monoisotopic (exact) mass is 273 g/mol. The maximum absolute atomic E-state index is 6.24. The minimum absolute atomic E-state index is 0.461. The minimum Gasteiger partial charge on any atom is -0.384 e. The molecule has 96 valence electrons. The van der Waals surface area contributed by atoms with Gasteiger partial charge in [0, 0.05) is 35.4 Å². The maximum Gasteiger partial charge on any atom is 0.0556 e. The molecule has 0 radical (unpaired) electrons. The normalized spacial score (nSPS) is 11.1. The summed E-state index contributed by atoms with van der Waals surface area (Å²) >= 11 is 8.03. The number of thioether (sulfide) groups is 1. The van der Waals surface area contributed by atoms with E-state index < -0.39 is 0 Å². The van der Waals surface area contributed by atoms with Gasteiger partial charge in [-0.2, -0.15) is 0 Å². The first kappa shape index (κ1) is 14.8. The van der Waals surface area contributed by atoms with E-state index in [4.69, 9.17) is 16.3 Å². The quantitative estimate of drug-likeness (QED) is 0.606. The summed E-state index contributed by atoms with van der Waals surface area (Å²) in [6.45, 7) is 5.84. The van der Waals surface area contributed by atoms with Crippen LogP contribution in [0.2, 0.25) is 5.02 Å². The van der Waals surface area contributed by atoms with Gasteiger partial charge < -0.3 is 10.1 Å². The van der Waals surface area contributed by atoms with Crippen LogP contribution in [0.1, 0.15) is 19.4 Å². The van der Waals surface area contributed by atoms with Gasteiger partial charge in [0.05, 0.1) is 6.61 Å². The molecule has 1 N–H and O–H groups in total. The van der Waals surface area contributed by atoms with Crippen molar-refractivity contribution in [2.75, 3.05) is 19.5 Å². The Balaban J connectivity index is 2.69. The van der Waals surface area contributed by atoms with Crippen molar-refractivity contribution in [1.29, 1.82) is 0 Å². The summed E-state index contributed by atoms with van der Waals surface area (Å²) < 4.78 is 5.06. The van der Waals surface area contributed by atoms with E-state index in [9.17, 15) is 0 Å². The molecule has 0 aliphatic carbocycles. The van der Waals surface area contributed by atoms with E-state index in [1.165, 1.54) is 10.5 Å². The van der Waals surface area contributed by atoms with Crippen LogP contribution in [0.25, 0.3) is 0 Å². The van der Waals surface area contributed by atoms with Crippen LogP contribution in [0, 0.1) is 0 Å². The molecule has 1 aromatic rings. The second-order valence-corrected chi connectivity index (χ2v) is 5.64. The highest BCUT2D eigenvalue weighted by Crippen LogP contribution is 2.28. The molecule has 0 aliphatic rings. The first-order valence-electron chi connectivity index (χ1n) is 5.77. The lowest BCUT2D eigenvalue weighted by Gasteiger charge is -2.13. The molecular weight excluding hydrogens is 254 g/mol. The van der Waals surface area contributed by atoms with Crippen LogP contribution in [0.5, 0.6) is 0 Å². The Morgan fingerprint density at radius 1 is 1.41 bits per heavy atom. The fourth-order valence-corrected chi connectivity index (χ4v) is 2.69. The van der Waals surface area contributed by atoms with Gasteiger partial charge in [-0.3, -0.25) is 0 Å². The van der Waals surface area contributed by atoms with Gasteiger partial charge in [-0.1, -0.05) is 31.5 Å². The lowest BCUT2D eigenvalue weighted by atomic mass is 10.2. The lowest BCUT2D eigenvalue weighted by molar-refractivity contribution is 0.218. The Labute approximate surface area is 113 Å². The van der Waals surface area contributed by atoms with E-state index >= 15 is 0 Å². The van der Waals surface area contributed by atoms with Crippen LogP contribution in [-0.2, 0) is 11.3 Å². The van der Waals surface area contributed by atoms with Gasteiger partial charge in [0.1, 0.15) is 0 Å². The van der Waals surface area contributed by atoms with E-state index in [0.717, 1.165) is 23.9 Å². The number of hydrogen-bond acceptors (Lipinski definition) is 3. The molecule has 4 heteroatoms. The van der Waals surface area contributed by atoms with Gasteiger partial charge in [-0.15, -0.1) is 11.8 Å². The number of ether oxygens (including phenoxy) is 1.